The Morgan fingerprint density at radius 3 is 1.96 bits per heavy atom. The summed E-state index contributed by atoms with van der Waals surface area (Å²) in [7, 11) is 0. The molecule has 0 unspecified atom stereocenters. The van der Waals surface area contributed by atoms with Crippen molar-refractivity contribution < 1.29 is 19.1 Å². The predicted molar refractivity (Wildman–Crippen MR) is 104 cm³/mol. The van der Waals surface area contributed by atoms with E-state index in [4.69, 9.17) is 21.1 Å². The van der Waals surface area contributed by atoms with Gasteiger partial charge in [-0.05, 0) is 24.1 Å². The van der Waals surface area contributed by atoms with E-state index in [9.17, 15) is 9.59 Å². The summed E-state index contributed by atoms with van der Waals surface area (Å²) in [5.41, 5.74) is 1.05. The minimum absolute atomic E-state index is 0.0659. The number of hydrogen-bond donors (Lipinski definition) is 0. The molecule has 0 spiro atoms. The van der Waals surface area contributed by atoms with Crippen molar-refractivity contribution in [1.82, 2.24) is 0 Å². The van der Waals surface area contributed by atoms with Crippen molar-refractivity contribution >= 4 is 23.5 Å². The summed E-state index contributed by atoms with van der Waals surface area (Å²) in [4.78, 5) is 23.2. The Morgan fingerprint density at radius 2 is 1.35 bits per heavy atom. The zero-order valence-electron chi connectivity index (χ0n) is 15.8. The van der Waals surface area contributed by atoms with Crippen LogP contribution in [-0.4, -0.2) is 25.2 Å². The smallest absolute Gasteiger partial charge is 0.306 e. The summed E-state index contributed by atoms with van der Waals surface area (Å²) in [5, 5.41) is 0.681. The number of halogens is 1. The lowest BCUT2D eigenvalue weighted by atomic mass is 10.1. The van der Waals surface area contributed by atoms with Gasteiger partial charge in [-0.1, -0.05) is 69.2 Å². The van der Waals surface area contributed by atoms with Crippen LogP contribution in [-0.2, 0) is 25.5 Å². The zero-order chi connectivity index (χ0) is 19.0. The average Bonchev–Trinajstić information content (AvgIpc) is 2.64. The number of benzene rings is 1. The first-order valence-corrected chi connectivity index (χ1v) is 10.0. The number of carbonyl (C=O) groups is 2. The van der Waals surface area contributed by atoms with Crippen molar-refractivity contribution in [3.8, 4) is 0 Å². The molecule has 0 aromatic heterocycles. The van der Waals surface area contributed by atoms with E-state index in [1.54, 1.807) is 12.1 Å². The summed E-state index contributed by atoms with van der Waals surface area (Å²) in [6.07, 6.45) is 9.04. The quantitative estimate of drug-likeness (QED) is 0.315. The molecule has 0 saturated heterocycles. The van der Waals surface area contributed by atoms with Crippen LogP contribution in [0.4, 0.5) is 0 Å². The van der Waals surface area contributed by atoms with Crippen molar-refractivity contribution in [1.29, 1.82) is 0 Å². The van der Waals surface area contributed by atoms with Gasteiger partial charge in [-0.15, -0.1) is 0 Å². The Bertz CT molecular complexity index is 513. The van der Waals surface area contributed by atoms with Crippen LogP contribution in [0.2, 0.25) is 5.02 Å². The van der Waals surface area contributed by atoms with Gasteiger partial charge in [-0.25, -0.2) is 0 Å². The largest absolute Gasteiger partial charge is 0.466 e. The van der Waals surface area contributed by atoms with Crippen LogP contribution < -0.4 is 0 Å². The third-order valence-corrected chi connectivity index (χ3v) is 4.36. The standard InChI is InChI=1S/C21H31ClO4/c1-2-3-4-5-6-7-8-16-25-20(23)13-14-21(24)26-17-15-18-9-11-19(22)12-10-18/h9-12H,2-8,13-17H2,1H3. The van der Waals surface area contributed by atoms with Crippen LogP contribution in [0, 0.1) is 0 Å². The predicted octanol–water partition coefficient (Wildman–Crippen LogP) is 5.50. The summed E-state index contributed by atoms with van der Waals surface area (Å²) < 4.78 is 10.3. The van der Waals surface area contributed by atoms with Gasteiger partial charge in [0.25, 0.3) is 0 Å². The van der Waals surface area contributed by atoms with E-state index in [2.05, 4.69) is 6.92 Å². The first-order valence-electron chi connectivity index (χ1n) is 9.67. The molecule has 1 rings (SSSR count). The third-order valence-electron chi connectivity index (χ3n) is 4.11. The second-order valence-corrected chi connectivity index (χ2v) is 6.88. The highest BCUT2D eigenvalue weighted by molar-refractivity contribution is 6.30. The van der Waals surface area contributed by atoms with Gasteiger partial charge in [0.1, 0.15) is 0 Å². The van der Waals surface area contributed by atoms with Gasteiger partial charge in [0.15, 0.2) is 0 Å². The maximum Gasteiger partial charge on any atom is 0.306 e. The van der Waals surface area contributed by atoms with Crippen molar-refractivity contribution in [2.45, 2.75) is 71.1 Å². The van der Waals surface area contributed by atoms with E-state index in [-0.39, 0.29) is 24.8 Å². The molecule has 1 aromatic rings. The van der Waals surface area contributed by atoms with Crippen molar-refractivity contribution in [2.24, 2.45) is 0 Å². The summed E-state index contributed by atoms with van der Waals surface area (Å²) in [6, 6.07) is 7.41. The monoisotopic (exact) mass is 382 g/mol. The fraction of sp³-hybridized carbons (Fsp3) is 0.619. The molecule has 4 nitrogen and oxygen atoms in total. The highest BCUT2D eigenvalue weighted by Crippen LogP contribution is 2.10. The summed E-state index contributed by atoms with van der Waals surface area (Å²) in [6.45, 7) is 2.95. The molecule has 0 atom stereocenters. The highest BCUT2D eigenvalue weighted by atomic mass is 35.5. The number of hydrogen-bond acceptors (Lipinski definition) is 4. The Labute approximate surface area is 162 Å². The third kappa shape index (κ3) is 11.9. The van der Waals surface area contributed by atoms with Crippen molar-refractivity contribution in [3.05, 3.63) is 34.9 Å². The van der Waals surface area contributed by atoms with Gasteiger partial charge >= 0.3 is 11.9 Å². The Balaban J connectivity index is 1.97. The molecule has 0 radical (unpaired) electrons. The molecular formula is C21H31ClO4. The normalized spacial score (nSPS) is 10.5. The molecule has 0 N–H and O–H groups in total. The van der Waals surface area contributed by atoms with Gasteiger partial charge in [-0.3, -0.25) is 9.59 Å². The fourth-order valence-electron chi connectivity index (χ4n) is 2.53. The molecule has 26 heavy (non-hydrogen) atoms. The minimum atomic E-state index is -0.369. The van der Waals surface area contributed by atoms with E-state index >= 15 is 0 Å². The topological polar surface area (TPSA) is 52.6 Å². The second-order valence-electron chi connectivity index (χ2n) is 6.44. The highest BCUT2D eigenvalue weighted by Gasteiger charge is 2.09. The number of esters is 2. The lowest BCUT2D eigenvalue weighted by Crippen LogP contribution is -2.12. The van der Waals surface area contributed by atoms with E-state index < -0.39 is 0 Å². The average molecular weight is 383 g/mol. The molecule has 0 saturated carbocycles. The molecule has 0 heterocycles. The van der Waals surface area contributed by atoms with Crippen LogP contribution in [0.15, 0.2) is 24.3 Å². The molecule has 5 heteroatoms. The van der Waals surface area contributed by atoms with Crippen LogP contribution in [0.3, 0.4) is 0 Å². The van der Waals surface area contributed by atoms with E-state index in [1.807, 2.05) is 12.1 Å². The second kappa shape index (κ2) is 14.6. The Morgan fingerprint density at radius 1 is 0.808 bits per heavy atom. The number of carbonyl (C=O) groups excluding carboxylic acids is 2. The van der Waals surface area contributed by atoms with Gasteiger partial charge in [0.2, 0.25) is 0 Å². The lowest BCUT2D eigenvalue weighted by Gasteiger charge is -2.06. The maximum atomic E-state index is 11.6. The van der Waals surface area contributed by atoms with Gasteiger partial charge in [0, 0.05) is 11.4 Å². The molecule has 0 aliphatic heterocycles. The van der Waals surface area contributed by atoms with Gasteiger partial charge in [-0.2, -0.15) is 0 Å². The van der Waals surface area contributed by atoms with Crippen molar-refractivity contribution in [3.63, 3.8) is 0 Å². The van der Waals surface area contributed by atoms with E-state index in [1.165, 1.54) is 32.1 Å². The molecule has 0 bridgehead atoms. The summed E-state index contributed by atoms with van der Waals surface area (Å²) in [5.74, 6) is -0.697. The molecule has 0 amide bonds. The molecule has 146 valence electrons. The van der Waals surface area contributed by atoms with E-state index in [0.29, 0.717) is 24.7 Å². The maximum absolute atomic E-state index is 11.6. The Kier molecular flexibility index (Phi) is 12.6. The zero-order valence-corrected chi connectivity index (χ0v) is 16.6. The first kappa shape index (κ1) is 22.5. The fourth-order valence-corrected chi connectivity index (χ4v) is 2.65. The SMILES string of the molecule is CCCCCCCCCOC(=O)CCC(=O)OCCc1ccc(Cl)cc1. The van der Waals surface area contributed by atoms with Crippen molar-refractivity contribution in [2.75, 3.05) is 13.2 Å². The molecule has 0 aliphatic rings. The number of ether oxygens (including phenoxy) is 2. The van der Waals surface area contributed by atoms with E-state index in [0.717, 1.165) is 18.4 Å². The van der Waals surface area contributed by atoms with Crippen LogP contribution >= 0.6 is 11.6 Å². The molecule has 1 aromatic carbocycles. The molecule has 0 aliphatic carbocycles. The van der Waals surface area contributed by atoms with Crippen LogP contribution in [0.5, 0.6) is 0 Å². The first-order chi connectivity index (χ1) is 12.6. The van der Waals surface area contributed by atoms with Gasteiger partial charge < -0.3 is 9.47 Å². The number of unbranched alkanes of at least 4 members (excludes halogenated alkanes) is 6. The van der Waals surface area contributed by atoms with Crippen LogP contribution in [0.25, 0.3) is 0 Å². The summed E-state index contributed by atoms with van der Waals surface area (Å²) >= 11 is 5.82. The molecular weight excluding hydrogens is 352 g/mol. The molecule has 0 fully saturated rings. The number of rotatable bonds is 14. The lowest BCUT2D eigenvalue weighted by molar-refractivity contribution is -0.150. The van der Waals surface area contributed by atoms with Gasteiger partial charge in [0.05, 0.1) is 26.1 Å². The Hall–Kier alpha value is -1.55. The minimum Gasteiger partial charge on any atom is -0.466 e. The van der Waals surface area contributed by atoms with Crippen LogP contribution in [0.1, 0.15) is 70.3 Å².